The first-order chi connectivity index (χ1) is 10.1. The summed E-state index contributed by atoms with van der Waals surface area (Å²) >= 11 is 0. The molecule has 3 rings (SSSR count). The third kappa shape index (κ3) is 3.08. The number of aryl methyl sites for hydroxylation is 1. The first kappa shape index (κ1) is 14.1. The molecule has 1 aliphatic heterocycles. The Bertz CT molecular complexity index is 571. The fraction of sp³-hybridized carbons (Fsp3) is 0.500. The van der Waals surface area contributed by atoms with Crippen LogP contribution < -0.4 is 10.6 Å². The van der Waals surface area contributed by atoms with Crippen LogP contribution in [0, 0.1) is 5.92 Å². The molecule has 2 unspecified atom stereocenters. The molecule has 1 saturated carbocycles. The Morgan fingerprint density at radius 3 is 2.95 bits per heavy atom. The minimum absolute atomic E-state index is 0.0231. The molecule has 1 aromatic carbocycles. The average molecular weight is 288 g/mol. The van der Waals surface area contributed by atoms with Crippen molar-refractivity contribution in [2.24, 2.45) is 5.92 Å². The van der Waals surface area contributed by atoms with E-state index >= 15 is 0 Å². The van der Waals surface area contributed by atoms with Crippen LogP contribution in [0.15, 0.2) is 18.2 Å². The van der Waals surface area contributed by atoms with Gasteiger partial charge in [0.2, 0.25) is 5.91 Å². The summed E-state index contributed by atoms with van der Waals surface area (Å²) < 4.78 is 0. The van der Waals surface area contributed by atoms with Gasteiger partial charge in [-0.05, 0) is 43.0 Å². The van der Waals surface area contributed by atoms with E-state index in [1.54, 1.807) is 12.1 Å². The highest BCUT2D eigenvalue weighted by molar-refractivity contribution is 5.97. The second kappa shape index (κ2) is 5.85. The van der Waals surface area contributed by atoms with Crippen LogP contribution in [0.1, 0.15) is 41.6 Å². The van der Waals surface area contributed by atoms with E-state index in [9.17, 15) is 14.7 Å². The third-order valence-electron chi connectivity index (χ3n) is 4.41. The monoisotopic (exact) mass is 288 g/mol. The van der Waals surface area contributed by atoms with Crippen molar-refractivity contribution in [1.82, 2.24) is 5.32 Å². The molecule has 0 spiro atoms. The van der Waals surface area contributed by atoms with Crippen LogP contribution in [0.25, 0.3) is 0 Å². The molecule has 1 heterocycles. The van der Waals surface area contributed by atoms with Gasteiger partial charge in [-0.25, -0.2) is 0 Å². The molecule has 112 valence electrons. The Balaban J connectivity index is 1.63. The minimum Gasteiger partial charge on any atom is -0.393 e. The Morgan fingerprint density at radius 1 is 1.33 bits per heavy atom. The normalized spacial score (nSPS) is 24.3. The Morgan fingerprint density at radius 2 is 2.19 bits per heavy atom. The molecule has 3 N–H and O–H groups in total. The number of hydrogen-bond acceptors (Lipinski definition) is 3. The molecule has 0 bridgehead atoms. The number of rotatable bonds is 3. The Kier molecular flexibility index (Phi) is 3.92. The number of fused-ring (bicyclic) bond motifs is 1. The summed E-state index contributed by atoms with van der Waals surface area (Å²) in [5.74, 6) is 0.0783. The highest BCUT2D eigenvalue weighted by atomic mass is 16.3. The summed E-state index contributed by atoms with van der Waals surface area (Å²) in [7, 11) is 0. The van der Waals surface area contributed by atoms with Crippen LogP contribution in [-0.4, -0.2) is 29.6 Å². The van der Waals surface area contributed by atoms with Crippen molar-refractivity contribution < 1.29 is 14.7 Å². The van der Waals surface area contributed by atoms with E-state index in [1.165, 1.54) is 0 Å². The molecule has 1 fully saturated rings. The quantitative estimate of drug-likeness (QED) is 0.788. The zero-order chi connectivity index (χ0) is 14.8. The second-order valence-corrected chi connectivity index (χ2v) is 5.89. The maximum absolute atomic E-state index is 12.2. The van der Waals surface area contributed by atoms with E-state index in [0.29, 0.717) is 24.9 Å². The van der Waals surface area contributed by atoms with Crippen molar-refractivity contribution >= 4 is 17.5 Å². The van der Waals surface area contributed by atoms with E-state index in [0.717, 1.165) is 30.5 Å². The predicted molar refractivity (Wildman–Crippen MR) is 79.1 cm³/mol. The van der Waals surface area contributed by atoms with Crippen LogP contribution >= 0.6 is 0 Å². The van der Waals surface area contributed by atoms with Gasteiger partial charge in [-0.2, -0.15) is 0 Å². The first-order valence-corrected chi connectivity index (χ1v) is 7.52. The van der Waals surface area contributed by atoms with Gasteiger partial charge in [-0.3, -0.25) is 9.59 Å². The summed E-state index contributed by atoms with van der Waals surface area (Å²) in [6.07, 6.45) is 3.68. The molecule has 2 atom stereocenters. The fourth-order valence-corrected chi connectivity index (χ4v) is 3.11. The Hall–Kier alpha value is -1.88. The number of benzene rings is 1. The maximum atomic E-state index is 12.2. The molecule has 21 heavy (non-hydrogen) atoms. The number of nitrogens with one attached hydrogen (secondary N) is 2. The van der Waals surface area contributed by atoms with Crippen LogP contribution in [0.5, 0.6) is 0 Å². The zero-order valence-corrected chi connectivity index (χ0v) is 11.9. The molecule has 0 aromatic heterocycles. The number of hydrogen-bond donors (Lipinski definition) is 3. The molecule has 0 radical (unpaired) electrons. The molecule has 2 aliphatic rings. The van der Waals surface area contributed by atoms with E-state index in [4.69, 9.17) is 0 Å². The number of aliphatic hydroxyl groups is 1. The number of aliphatic hydroxyl groups excluding tert-OH is 1. The van der Waals surface area contributed by atoms with Gasteiger partial charge in [0, 0.05) is 30.1 Å². The summed E-state index contributed by atoms with van der Waals surface area (Å²) in [5.41, 5.74) is 2.41. The van der Waals surface area contributed by atoms with Crippen LogP contribution in [0.2, 0.25) is 0 Å². The van der Waals surface area contributed by atoms with Gasteiger partial charge in [-0.15, -0.1) is 0 Å². The van der Waals surface area contributed by atoms with Gasteiger partial charge < -0.3 is 15.7 Å². The fourth-order valence-electron chi connectivity index (χ4n) is 3.11. The lowest BCUT2D eigenvalue weighted by atomic mass is 10.00. The molecular formula is C16H20N2O3. The van der Waals surface area contributed by atoms with Gasteiger partial charge in [0.05, 0.1) is 6.10 Å². The molecule has 2 amide bonds. The topological polar surface area (TPSA) is 78.4 Å². The molecule has 0 saturated heterocycles. The van der Waals surface area contributed by atoms with Crippen molar-refractivity contribution in [1.29, 1.82) is 0 Å². The summed E-state index contributed by atoms with van der Waals surface area (Å²) in [6.45, 7) is 0.522. The molecule has 1 aromatic rings. The summed E-state index contributed by atoms with van der Waals surface area (Å²) in [4.78, 5) is 23.5. The number of carbonyl (C=O) groups is 2. The van der Waals surface area contributed by atoms with Crippen molar-refractivity contribution in [3.8, 4) is 0 Å². The van der Waals surface area contributed by atoms with Gasteiger partial charge in [0.25, 0.3) is 5.91 Å². The third-order valence-corrected chi connectivity index (χ3v) is 4.41. The van der Waals surface area contributed by atoms with Crippen molar-refractivity contribution in [3.05, 3.63) is 29.3 Å². The summed E-state index contributed by atoms with van der Waals surface area (Å²) in [6, 6.07) is 5.35. The number of carbonyl (C=O) groups excluding carboxylic acids is 2. The molecule has 5 nitrogen and oxygen atoms in total. The maximum Gasteiger partial charge on any atom is 0.251 e. The predicted octanol–water partition coefficient (Wildman–Crippen LogP) is 1.46. The number of amides is 2. The van der Waals surface area contributed by atoms with E-state index in [2.05, 4.69) is 10.6 Å². The standard InChI is InChI=1S/C16H20N2O3/c19-14-3-1-2-12(14)9-17-16(21)11-4-6-13-10(8-11)5-7-15(20)18-13/h4,6,8,12,14,19H,1-3,5,7,9H2,(H,17,21)(H,18,20). The van der Waals surface area contributed by atoms with Gasteiger partial charge in [0.1, 0.15) is 0 Å². The highest BCUT2D eigenvalue weighted by Gasteiger charge is 2.25. The zero-order valence-electron chi connectivity index (χ0n) is 11.9. The Labute approximate surface area is 123 Å². The van der Waals surface area contributed by atoms with Gasteiger partial charge in [-0.1, -0.05) is 6.42 Å². The smallest absolute Gasteiger partial charge is 0.251 e. The minimum atomic E-state index is -0.288. The van der Waals surface area contributed by atoms with Crippen LogP contribution in [-0.2, 0) is 11.2 Å². The summed E-state index contributed by atoms with van der Waals surface area (Å²) in [5, 5.41) is 15.5. The largest absolute Gasteiger partial charge is 0.393 e. The van der Waals surface area contributed by atoms with Crippen molar-refractivity contribution in [2.45, 2.75) is 38.2 Å². The van der Waals surface area contributed by atoms with Crippen LogP contribution in [0.3, 0.4) is 0 Å². The molecular weight excluding hydrogens is 268 g/mol. The first-order valence-electron chi connectivity index (χ1n) is 7.52. The van der Waals surface area contributed by atoms with E-state index in [1.807, 2.05) is 6.07 Å². The average Bonchev–Trinajstić information content (AvgIpc) is 2.89. The van der Waals surface area contributed by atoms with Crippen molar-refractivity contribution in [2.75, 3.05) is 11.9 Å². The van der Waals surface area contributed by atoms with Crippen LogP contribution in [0.4, 0.5) is 5.69 Å². The van der Waals surface area contributed by atoms with Gasteiger partial charge >= 0.3 is 0 Å². The van der Waals surface area contributed by atoms with Gasteiger partial charge in [0.15, 0.2) is 0 Å². The molecule has 1 aliphatic carbocycles. The van der Waals surface area contributed by atoms with E-state index < -0.39 is 0 Å². The lowest BCUT2D eigenvalue weighted by molar-refractivity contribution is -0.116. The lowest BCUT2D eigenvalue weighted by Gasteiger charge is -2.18. The van der Waals surface area contributed by atoms with Crippen molar-refractivity contribution in [3.63, 3.8) is 0 Å². The highest BCUT2D eigenvalue weighted by Crippen LogP contribution is 2.25. The second-order valence-electron chi connectivity index (χ2n) is 5.89. The SMILES string of the molecule is O=C1CCc2cc(C(=O)NCC3CCCC3O)ccc2N1. The molecule has 5 heteroatoms. The number of anilines is 1. The van der Waals surface area contributed by atoms with E-state index in [-0.39, 0.29) is 23.8 Å². The lowest BCUT2D eigenvalue weighted by Crippen LogP contribution is -2.32.